The monoisotopic (exact) mass is 830 g/mol. The van der Waals surface area contributed by atoms with E-state index in [4.69, 9.17) is 21.3 Å². The number of aromatic nitrogens is 3. The number of pyridine rings is 1. The van der Waals surface area contributed by atoms with E-state index in [2.05, 4.69) is 59.3 Å². The highest BCUT2D eigenvalue weighted by Gasteiger charge is 2.37. The molecule has 10 nitrogen and oxygen atoms in total. The predicted octanol–water partition coefficient (Wildman–Crippen LogP) is 7.22. The van der Waals surface area contributed by atoms with E-state index in [0.29, 0.717) is 25.4 Å². The lowest BCUT2D eigenvalue weighted by atomic mass is 9.76. The van der Waals surface area contributed by atoms with Gasteiger partial charge in [-0.3, -0.25) is 14.6 Å². The molecule has 0 saturated carbocycles. The van der Waals surface area contributed by atoms with E-state index in [-0.39, 0.29) is 30.1 Å². The van der Waals surface area contributed by atoms with Crippen molar-refractivity contribution in [1.29, 1.82) is 0 Å². The number of benzene rings is 1. The largest absolute Gasteiger partial charge is 0.444 e. The van der Waals surface area contributed by atoms with E-state index in [1.807, 2.05) is 17.2 Å². The third kappa shape index (κ3) is 8.91. The van der Waals surface area contributed by atoms with Crippen LogP contribution in [0, 0.1) is 11.8 Å². The van der Waals surface area contributed by atoms with Gasteiger partial charge in [-0.2, -0.15) is 0 Å². The minimum Gasteiger partial charge on any atom is -0.444 e. The van der Waals surface area contributed by atoms with Crippen molar-refractivity contribution in [2.75, 3.05) is 26.2 Å². The molecule has 2 aliphatic heterocycles. The first-order chi connectivity index (χ1) is 23.8. The van der Waals surface area contributed by atoms with Crippen LogP contribution in [0.1, 0.15) is 86.9 Å². The van der Waals surface area contributed by atoms with Crippen LogP contribution >= 0.6 is 43.5 Å². The van der Waals surface area contributed by atoms with Crippen LogP contribution in [0.25, 0.3) is 0 Å². The molecule has 3 aromatic rings. The molecule has 2 N–H and O–H groups in total. The quantitative estimate of drug-likeness (QED) is 0.260. The fraction of sp³-hybridized carbons (Fsp3) is 0.541. The third-order valence-corrected chi connectivity index (χ3v) is 11.4. The van der Waals surface area contributed by atoms with Crippen LogP contribution in [0.15, 0.2) is 45.9 Å². The number of ether oxygens (including phenoxy) is 1. The van der Waals surface area contributed by atoms with Gasteiger partial charge in [0.1, 0.15) is 11.6 Å². The summed E-state index contributed by atoms with van der Waals surface area (Å²) in [7, 11) is 0. The van der Waals surface area contributed by atoms with Crippen LogP contribution in [-0.4, -0.2) is 80.5 Å². The molecule has 0 bridgehead atoms. The minimum absolute atomic E-state index is 0.128. The first-order valence-electron chi connectivity index (χ1n) is 17.5. The maximum absolute atomic E-state index is 13.6. The van der Waals surface area contributed by atoms with E-state index in [9.17, 15) is 14.4 Å². The Hall–Kier alpha value is -2.96. The summed E-state index contributed by atoms with van der Waals surface area (Å²) in [5.74, 6) is 0.712. The van der Waals surface area contributed by atoms with Crippen molar-refractivity contribution >= 4 is 61.4 Å². The van der Waals surface area contributed by atoms with Gasteiger partial charge in [-0.25, -0.2) is 9.78 Å². The zero-order valence-electron chi connectivity index (χ0n) is 28.8. The molecule has 0 radical (unpaired) electrons. The molecular weight excluding hydrogens is 788 g/mol. The maximum atomic E-state index is 13.6. The molecule has 2 fully saturated rings. The zero-order valence-corrected chi connectivity index (χ0v) is 32.7. The number of amides is 3. The lowest BCUT2D eigenvalue weighted by Gasteiger charge is -2.38. The lowest BCUT2D eigenvalue weighted by molar-refractivity contribution is -0.136. The first kappa shape index (κ1) is 36.8. The fourth-order valence-corrected chi connectivity index (χ4v) is 9.23. The molecule has 1 aliphatic carbocycles. The van der Waals surface area contributed by atoms with E-state index in [0.717, 1.165) is 77.0 Å². The van der Waals surface area contributed by atoms with Gasteiger partial charge in [0.25, 0.3) is 0 Å². The number of carbonyl (C=O) groups excluding carboxylic acids is 3. The fourth-order valence-electron chi connectivity index (χ4n) is 7.73. The Balaban J connectivity index is 1.05. The van der Waals surface area contributed by atoms with E-state index >= 15 is 0 Å². The Morgan fingerprint density at radius 1 is 1.00 bits per heavy atom. The topological polar surface area (TPSA) is 121 Å². The van der Waals surface area contributed by atoms with Gasteiger partial charge in [-0.1, -0.05) is 27.5 Å². The van der Waals surface area contributed by atoms with Gasteiger partial charge in [-0.15, -0.1) is 0 Å². The number of likely N-dealkylation sites (tertiary alicyclic amines) is 2. The van der Waals surface area contributed by atoms with Crippen molar-refractivity contribution < 1.29 is 19.1 Å². The molecule has 2 atom stereocenters. The van der Waals surface area contributed by atoms with Crippen LogP contribution in [-0.2, 0) is 33.6 Å². The van der Waals surface area contributed by atoms with Gasteiger partial charge >= 0.3 is 6.09 Å². The number of imidazole rings is 1. The van der Waals surface area contributed by atoms with Gasteiger partial charge in [0.05, 0.1) is 12.0 Å². The Morgan fingerprint density at radius 3 is 2.38 bits per heavy atom. The average molecular weight is 833 g/mol. The highest BCUT2D eigenvalue weighted by atomic mass is 79.9. The van der Waals surface area contributed by atoms with Crippen LogP contribution < -0.4 is 5.32 Å². The smallest absolute Gasteiger partial charge is 0.408 e. The number of H-pyrrole nitrogens is 1. The molecule has 2 saturated heterocycles. The third-order valence-electron chi connectivity index (χ3n) is 10.1. The van der Waals surface area contributed by atoms with Crippen molar-refractivity contribution in [2.45, 2.75) is 89.7 Å². The van der Waals surface area contributed by atoms with E-state index in [1.54, 1.807) is 38.2 Å². The van der Waals surface area contributed by atoms with Crippen LogP contribution in [0.2, 0.25) is 5.02 Å². The lowest BCUT2D eigenvalue weighted by Crippen LogP contribution is -2.52. The highest BCUT2D eigenvalue weighted by molar-refractivity contribution is 9.10. The number of nitrogens with zero attached hydrogens (tertiary/aromatic N) is 4. The number of hydrogen-bond acceptors (Lipinski definition) is 6. The second-order valence-corrected chi connectivity index (χ2v) is 17.0. The number of nitrogens with one attached hydrogen (secondary N) is 2. The number of aromatic amines is 1. The summed E-state index contributed by atoms with van der Waals surface area (Å²) in [5.41, 5.74) is 5.01. The van der Waals surface area contributed by atoms with Crippen LogP contribution in [0.3, 0.4) is 0 Å². The van der Waals surface area contributed by atoms with Crippen LogP contribution in [0.5, 0.6) is 0 Å². The number of piperidine rings is 2. The number of hydrogen-bond donors (Lipinski definition) is 2. The normalized spacial score (nSPS) is 19.3. The summed E-state index contributed by atoms with van der Waals surface area (Å²) in [6.07, 6.45) is 10.3. The Bertz CT molecular complexity index is 1700. The van der Waals surface area contributed by atoms with Crippen molar-refractivity contribution in [3.8, 4) is 0 Å². The summed E-state index contributed by atoms with van der Waals surface area (Å²) in [6.45, 7) is 7.87. The summed E-state index contributed by atoms with van der Waals surface area (Å²) in [4.78, 5) is 55.7. The molecular formula is C37H45Br2ClN6O4. The molecule has 3 amide bonds. The highest BCUT2D eigenvalue weighted by Crippen LogP contribution is 2.46. The minimum atomic E-state index is -0.786. The molecule has 13 heteroatoms. The molecule has 1 unspecified atom stereocenters. The molecule has 268 valence electrons. The van der Waals surface area contributed by atoms with Crippen LogP contribution in [0.4, 0.5) is 4.79 Å². The molecule has 3 aliphatic rings. The van der Waals surface area contributed by atoms with E-state index < -0.39 is 17.7 Å². The number of aryl methyl sites for hydroxylation is 2. The molecule has 50 heavy (non-hydrogen) atoms. The van der Waals surface area contributed by atoms with Crippen molar-refractivity contribution in [2.24, 2.45) is 11.8 Å². The standard InChI is InChI=1S/C37H45Br2ClN6O4/c1-37(2,3)50-36(49)44-30(18-28-20-41-21-43-28)35(48)46-10-6-22(7-11-46)14-31(47)45-12-8-23(9-13-45)33-32-24(16-27(40)17-29(32)39)4-5-25-15-26(38)19-42-34(25)33/h15-17,19-23,30,33H,4-14,18H2,1-3H3,(H,41,43)(H,44,49)/t30-,33?/m0/s1. The second-order valence-electron chi connectivity index (χ2n) is 14.8. The molecule has 6 rings (SSSR count). The number of alkyl carbamates (subject to hydrolysis) is 1. The summed E-state index contributed by atoms with van der Waals surface area (Å²) < 4.78 is 7.45. The molecule has 4 heterocycles. The van der Waals surface area contributed by atoms with Gasteiger partial charge in [0.2, 0.25) is 11.8 Å². The van der Waals surface area contributed by atoms with Gasteiger partial charge in [-0.05, 0) is 122 Å². The number of carbonyl (C=O) groups is 3. The summed E-state index contributed by atoms with van der Waals surface area (Å²) >= 11 is 14.0. The maximum Gasteiger partial charge on any atom is 0.408 e. The van der Waals surface area contributed by atoms with Gasteiger partial charge < -0.3 is 24.8 Å². The predicted molar refractivity (Wildman–Crippen MR) is 199 cm³/mol. The van der Waals surface area contributed by atoms with Crippen molar-refractivity contribution in [1.82, 2.24) is 30.1 Å². The number of fused-ring (bicyclic) bond motifs is 2. The molecule has 0 spiro atoms. The zero-order chi connectivity index (χ0) is 35.6. The SMILES string of the molecule is CC(C)(C)OC(=O)N[C@@H](Cc1cnc[nH]1)C(=O)N1CCC(CC(=O)N2CCC(C3c4ncc(Br)cc4CCc4cc(Cl)cc(Br)c43)CC2)CC1. The van der Waals surface area contributed by atoms with Crippen molar-refractivity contribution in [3.05, 3.63) is 79.0 Å². The average Bonchev–Trinajstić information content (AvgIpc) is 3.52. The first-order valence-corrected chi connectivity index (χ1v) is 19.5. The Morgan fingerprint density at radius 2 is 1.70 bits per heavy atom. The Kier molecular flexibility index (Phi) is 11.6. The number of rotatable bonds is 7. The van der Waals surface area contributed by atoms with E-state index in [1.165, 1.54) is 16.7 Å². The molecule has 1 aromatic carbocycles. The van der Waals surface area contributed by atoms with Gasteiger partial charge in [0.15, 0.2) is 0 Å². The van der Waals surface area contributed by atoms with Gasteiger partial charge in [0, 0.05) is 77.0 Å². The number of halogens is 3. The molecule has 2 aromatic heterocycles. The summed E-state index contributed by atoms with van der Waals surface area (Å²) in [5, 5.41) is 3.50. The second kappa shape index (κ2) is 15.7. The van der Waals surface area contributed by atoms with Crippen molar-refractivity contribution in [3.63, 3.8) is 0 Å². The summed E-state index contributed by atoms with van der Waals surface area (Å²) in [6, 6.07) is 5.51. The Labute approximate surface area is 315 Å².